The molecule has 0 fully saturated rings. The third kappa shape index (κ3) is 4.01. The number of ether oxygens (including phenoxy) is 2. The lowest BCUT2D eigenvalue weighted by molar-refractivity contribution is 0.292. The van der Waals surface area contributed by atoms with Crippen molar-refractivity contribution in [2.45, 2.75) is 20.3 Å². The molecule has 2 heterocycles. The number of aromatic nitrogens is 4. The monoisotopic (exact) mass is 289 g/mol. The van der Waals surface area contributed by atoms with E-state index >= 15 is 0 Å². The van der Waals surface area contributed by atoms with Gasteiger partial charge in [-0.2, -0.15) is 15.0 Å². The first-order chi connectivity index (χ1) is 10.3. The van der Waals surface area contributed by atoms with Crippen LogP contribution in [0, 0.1) is 0 Å². The quantitative estimate of drug-likeness (QED) is 0.836. The molecule has 2 aromatic heterocycles. The third-order valence-corrected chi connectivity index (χ3v) is 2.59. The molecule has 0 saturated carbocycles. The summed E-state index contributed by atoms with van der Waals surface area (Å²) in [4.78, 5) is 17.0. The fourth-order valence-electron chi connectivity index (χ4n) is 1.64. The Balaban J connectivity index is 2.37. The fourth-order valence-corrected chi connectivity index (χ4v) is 1.64. The van der Waals surface area contributed by atoms with Crippen molar-refractivity contribution < 1.29 is 9.47 Å². The van der Waals surface area contributed by atoms with Crippen LogP contribution in [0.1, 0.15) is 20.3 Å². The number of anilines is 1. The number of rotatable bonds is 7. The summed E-state index contributed by atoms with van der Waals surface area (Å²) < 4.78 is 10.6. The highest BCUT2D eigenvalue weighted by Gasteiger charge is 2.10. The van der Waals surface area contributed by atoms with E-state index in [9.17, 15) is 0 Å². The minimum absolute atomic E-state index is 0.313. The second-order valence-corrected chi connectivity index (χ2v) is 4.23. The minimum Gasteiger partial charge on any atom is -0.481 e. The zero-order valence-electron chi connectivity index (χ0n) is 12.5. The Bertz CT molecular complexity index is 591. The predicted octanol–water partition coefficient (Wildman–Crippen LogP) is 2.16. The summed E-state index contributed by atoms with van der Waals surface area (Å²) in [6, 6.07) is 3.90. The maximum Gasteiger partial charge on any atom is 0.321 e. The Morgan fingerprint density at radius 2 is 2.05 bits per heavy atom. The SMILES string of the molecule is CCCOc1nc(NCC)nc(-c2ccnc(OC)c2)n1. The Labute approximate surface area is 123 Å². The summed E-state index contributed by atoms with van der Waals surface area (Å²) in [7, 11) is 1.57. The van der Waals surface area contributed by atoms with Gasteiger partial charge in [0.2, 0.25) is 11.8 Å². The highest BCUT2D eigenvalue weighted by atomic mass is 16.5. The van der Waals surface area contributed by atoms with E-state index in [1.165, 1.54) is 0 Å². The number of nitrogens with one attached hydrogen (secondary N) is 1. The normalized spacial score (nSPS) is 10.2. The van der Waals surface area contributed by atoms with E-state index < -0.39 is 0 Å². The number of pyridine rings is 1. The summed E-state index contributed by atoms with van der Waals surface area (Å²) in [6.45, 7) is 5.29. The van der Waals surface area contributed by atoms with Gasteiger partial charge in [0, 0.05) is 24.4 Å². The van der Waals surface area contributed by atoms with Crippen molar-refractivity contribution in [2.75, 3.05) is 25.6 Å². The predicted molar refractivity (Wildman–Crippen MR) is 79.6 cm³/mol. The Morgan fingerprint density at radius 3 is 2.76 bits per heavy atom. The molecule has 0 aliphatic rings. The first-order valence-corrected chi connectivity index (χ1v) is 6.90. The lowest BCUT2D eigenvalue weighted by Crippen LogP contribution is -2.08. The van der Waals surface area contributed by atoms with Gasteiger partial charge in [0.1, 0.15) is 0 Å². The van der Waals surface area contributed by atoms with Gasteiger partial charge in [-0.05, 0) is 19.4 Å². The molecular weight excluding hydrogens is 270 g/mol. The van der Waals surface area contributed by atoms with Crippen LogP contribution in [0.4, 0.5) is 5.95 Å². The second kappa shape index (κ2) is 7.37. The molecule has 1 N–H and O–H groups in total. The van der Waals surface area contributed by atoms with Crippen LogP contribution in [0.5, 0.6) is 11.9 Å². The molecule has 2 aromatic rings. The van der Waals surface area contributed by atoms with Gasteiger partial charge < -0.3 is 14.8 Å². The van der Waals surface area contributed by atoms with E-state index in [0.29, 0.717) is 30.3 Å². The molecule has 0 atom stereocenters. The van der Waals surface area contributed by atoms with Gasteiger partial charge in [0.25, 0.3) is 0 Å². The van der Waals surface area contributed by atoms with Crippen molar-refractivity contribution >= 4 is 5.95 Å². The van der Waals surface area contributed by atoms with Crippen LogP contribution in [0.25, 0.3) is 11.4 Å². The molecule has 0 spiro atoms. The van der Waals surface area contributed by atoms with Crippen LogP contribution in [0.3, 0.4) is 0 Å². The van der Waals surface area contributed by atoms with Gasteiger partial charge in [-0.15, -0.1) is 0 Å². The Morgan fingerprint density at radius 1 is 1.19 bits per heavy atom. The molecule has 21 heavy (non-hydrogen) atoms. The molecule has 0 saturated heterocycles. The van der Waals surface area contributed by atoms with Gasteiger partial charge >= 0.3 is 6.01 Å². The molecule has 0 aromatic carbocycles. The van der Waals surface area contributed by atoms with Crippen LogP contribution in [0.2, 0.25) is 0 Å². The van der Waals surface area contributed by atoms with Crippen molar-refractivity contribution in [3.05, 3.63) is 18.3 Å². The smallest absolute Gasteiger partial charge is 0.321 e. The topological polar surface area (TPSA) is 82.0 Å². The maximum atomic E-state index is 5.51. The summed E-state index contributed by atoms with van der Waals surface area (Å²) >= 11 is 0. The standard InChI is InChI=1S/C14H19N5O2/c1-4-8-21-14-18-12(17-13(19-14)15-5-2)10-6-7-16-11(9-10)20-3/h6-7,9H,4-5,8H2,1-3H3,(H,15,17,18,19). The van der Waals surface area contributed by atoms with Gasteiger partial charge in [-0.1, -0.05) is 6.92 Å². The van der Waals surface area contributed by atoms with Crippen LogP contribution in [-0.2, 0) is 0 Å². The molecule has 0 aliphatic heterocycles. The van der Waals surface area contributed by atoms with Gasteiger partial charge in [0.05, 0.1) is 13.7 Å². The second-order valence-electron chi connectivity index (χ2n) is 4.23. The van der Waals surface area contributed by atoms with Crippen molar-refractivity contribution in [3.63, 3.8) is 0 Å². The highest BCUT2D eigenvalue weighted by molar-refractivity contribution is 5.57. The average Bonchev–Trinajstić information content (AvgIpc) is 2.53. The van der Waals surface area contributed by atoms with E-state index in [1.807, 2.05) is 19.9 Å². The highest BCUT2D eigenvalue weighted by Crippen LogP contribution is 2.21. The lowest BCUT2D eigenvalue weighted by atomic mass is 10.2. The number of methoxy groups -OCH3 is 1. The summed E-state index contributed by atoms with van der Waals surface area (Å²) in [6.07, 6.45) is 2.54. The van der Waals surface area contributed by atoms with Crippen LogP contribution in [0.15, 0.2) is 18.3 Å². The van der Waals surface area contributed by atoms with E-state index in [1.54, 1.807) is 19.4 Å². The Hall–Kier alpha value is -2.44. The van der Waals surface area contributed by atoms with Crippen LogP contribution in [-0.4, -0.2) is 40.2 Å². The molecule has 0 radical (unpaired) electrons. The largest absolute Gasteiger partial charge is 0.481 e. The van der Waals surface area contributed by atoms with Crippen molar-refractivity contribution in [1.82, 2.24) is 19.9 Å². The number of hydrogen-bond acceptors (Lipinski definition) is 7. The fraction of sp³-hybridized carbons (Fsp3) is 0.429. The molecule has 0 bridgehead atoms. The average molecular weight is 289 g/mol. The van der Waals surface area contributed by atoms with E-state index in [4.69, 9.17) is 9.47 Å². The first kappa shape index (κ1) is 15.0. The Kier molecular flexibility index (Phi) is 5.25. The molecule has 2 rings (SSSR count). The minimum atomic E-state index is 0.313. The van der Waals surface area contributed by atoms with E-state index in [2.05, 4.69) is 25.3 Å². The van der Waals surface area contributed by atoms with Crippen LogP contribution < -0.4 is 14.8 Å². The molecule has 0 aliphatic carbocycles. The molecule has 0 amide bonds. The van der Waals surface area contributed by atoms with E-state index in [-0.39, 0.29) is 0 Å². The zero-order valence-corrected chi connectivity index (χ0v) is 12.5. The van der Waals surface area contributed by atoms with Gasteiger partial charge in [0.15, 0.2) is 5.82 Å². The van der Waals surface area contributed by atoms with Crippen molar-refractivity contribution in [2.24, 2.45) is 0 Å². The first-order valence-electron chi connectivity index (χ1n) is 6.90. The third-order valence-electron chi connectivity index (χ3n) is 2.59. The van der Waals surface area contributed by atoms with Crippen molar-refractivity contribution in [3.8, 4) is 23.3 Å². The summed E-state index contributed by atoms with van der Waals surface area (Å²) in [5.41, 5.74) is 0.796. The van der Waals surface area contributed by atoms with Crippen molar-refractivity contribution in [1.29, 1.82) is 0 Å². The van der Waals surface area contributed by atoms with E-state index in [0.717, 1.165) is 18.5 Å². The molecule has 0 unspecified atom stereocenters. The summed E-state index contributed by atoms with van der Waals surface area (Å²) in [5.74, 6) is 1.52. The molecule has 112 valence electrons. The molecule has 7 heteroatoms. The lowest BCUT2D eigenvalue weighted by Gasteiger charge is -2.09. The maximum absolute atomic E-state index is 5.51. The van der Waals surface area contributed by atoms with Crippen LogP contribution >= 0.6 is 0 Å². The van der Waals surface area contributed by atoms with Gasteiger partial charge in [-0.3, -0.25) is 0 Å². The number of hydrogen-bond donors (Lipinski definition) is 1. The zero-order chi connectivity index (χ0) is 15.1. The molecule has 7 nitrogen and oxygen atoms in total. The van der Waals surface area contributed by atoms with Gasteiger partial charge in [-0.25, -0.2) is 4.98 Å². The summed E-state index contributed by atoms with van der Waals surface area (Å²) in [5, 5.41) is 3.07. The molecular formula is C14H19N5O2. The number of nitrogens with zero attached hydrogens (tertiary/aromatic N) is 4.